The average Bonchev–Trinajstić information content (AvgIpc) is 2.82. The van der Waals surface area contributed by atoms with Crippen molar-refractivity contribution in [3.8, 4) is 11.5 Å². The van der Waals surface area contributed by atoms with E-state index in [0.29, 0.717) is 23.7 Å². The molecule has 0 radical (unpaired) electrons. The van der Waals surface area contributed by atoms with Crippen molar-refractivity contribution >= 4 is 5.97 Å². The van der Waals surface area contributed by atoms with Gasteiger partial charge in [-0.3, -0.25) is 4.79 Å². The van der Waals surface area contributed by atoms with Crippen LogP contribution in [0, 0.1) is 28.6 Å². The minimum Gasteiger partial charge on any atom is -0.496 e. The van der Waals surface area contributed by atoms with Crippen LogP contribution in [0.1, 0.15) is 83.3 Å². The zero-order valence-electron chi connectivity index (χ0n) is 21.4. The van der Waals surface area contributed by atoms with Gasteiger partial charge in [0.25, 0.3) is 0 Å². The molecule has 2 bridgehead atoms. The Kier molecular flexibility index (Phi) is 5.19. The minimum atomic E-state index is -0.397. The summed E-state index contributed by atoms with van der Waals surface area (Å²) in [6.45, 7) is 9.31. The molecule has 180 valence electrons. The molecule has 6 atom stereocenters. The summed E-state index contributed by atoms with van der Waals surface area (Å²) in [6, 6.07) is 4.19. The molecule has 1 spiro atoms. The second-order valence-electron chi connectivity index (χ2n) is 11.8. The Hall–Kier alpha value is -1.97. The fourth-order valence-electron chi connectivity index (χ4n) is 9.00. The monoisotopic (exact) mass is 452 g/mol. The van der Waals surface area contributed by atoms with Crippen LogP contribution in [0.25, 0.3) is 0 Å². The number of hydrogen-bond donors (Lipinski definition) is 0. The van der Waals surface area contributed by atoms with E-state index in [0.717, 1.165) is 43.6 Å². The molecule has 1 aromatic rings. The standard InChI is InChI=1S/C29H40O4/c1-17(2)19-16-29-14-11-22-27(3,12-8-13-28(22,4)26(30)33-7)23(29)15-18(19)24-20(31-5)9-10-21(32-6)25(24)29/h9-10,16-18,22-23H,8,11-15H2,1-7H3. The average molecular weight is 453 g/mol. The van der Waals surface area contributed by atoms with Crippen molar-refractivity contribution in [2.45, 2.75) is 77.6 Å². The Morgan fingerprint density at radius 2 is 1.70 bits per heavy atom. The van der Waals surface area contributed by atoms with Crippen LogP contribution >= 0.6 is 0 Å². The van der Waals surface area contributed by atoms with E-state index in [4.69, 9.17) is 14.2 Å². The van der Waals surface area contributed by atoms with Crippen molar-refractivity contribution in [3.63, 3.8) is 0 Å². The first-order valence-corrected chi connectivity index (χ1v) is 12.7. The lowest BCUT2D eigenvalue weighted by Gasteiger charge is -2.66. The number of carbonyl (C=O) groups is 1. The van der Waals surface area contributed by atoms with E-state index in [1.165, 1.54) is 17.5 Å². The highest BCUT2D eigenvalue weighted by Crippen LogP contribution is 2.73. The quantitative estimate of drug-likeness (QED) is 0.390. The van der Waals surface area contributed by atoms with Gasteiger partial charge in [-0.2, -0.15) is 0 Å². The zero-order valence-corrected chi connectivity index (χ0v) is 21.4. The van der Waals surface area contributed by atoms with Crippen LogP contribution in [-0.4, -0.2) is 27.3 Å². The number of ether oxygens (including phenoxy) is 3. The van der Waals surface area contributed by atoms with Gasteiger partial charge in [0, 0.05) is 22.5 Å². The fourth-order valence-corrected chi connectivity index (χ4v) is 9.00. The van der Waals surface area contributed by atoms with Crippen molar-refractivity contribution in [1.82, 2.24) is 0 Å². The third-order valence-corrected chi connectivity index (χ3v) is 10.3. The Bertz CT molecular complexity index is 1010. The predicted octanol–water partition coefficient (Wildman–Crippen LogP) is 6.42. The normalized spacial score (nSPS) is 38.7. The number of rotatable bonds is 4. The molecule has 1 aromatic carbocycles. The zero-order chi connectivity index (χ0) is 23.8. The summed E-state index contributed by atoms with van der Waals surface area (Å²) in [7, 11) is 5.14. The fraction of sp³-hybridized carbons (Fsp3) is 0.690. The first-order chi connectivity index (χ1) is 15.7. The van der Waals surface area contributed by atoms with E-state index in [1.807, 2.05) is 0 Å². The molecular formula is C29H40O4. The Balaban J connectivity index is 1.73. The number of fused-ring (bicyclic) bond motifs is 1. The number of allylic oxidation sites excluding steroid dienone is 2. The molecule has 0 saturated heterocycles. The number of carbonyl (C=O) groups excluding carboxylic acids is 1. The first-order valence-electron chi connectivity index (χ1n) is 12.7. The lowest BCUT2D eigenvalue weighted by Crippen LogP contribution is -2.62. The predicted molar refractivity (Wildman–Crippen MR) is 130 cm³/mol. The Labute approximate surface area is 199 Å². The van der Waals surface area contributed by atoms with Gasteiger partial charge in [-0.15, -0.1) is 0 Å². The van der Waals surface area contributed by atoms with Gasteiger partial charge in [0.15, 0.2) is 0 Å². The van der Waals surface area contributed by atoms with E-state index < -0.39 is 5.41 Å². The van der Waals surface area contributed by atoms with Gasteiger partial charge in [0.1, 0.15) is 11.5 Å². The number of methoxy groups -OCH3 is 3. The molecule has 2 saturated carbocycles. The second kappa shape index (κ2) is 7.52. The Morgan fingerprint density at radius 1 is 1.00 bits per heavy atom. The minimum absolute atomic E-state index is 0.0200. The third kappa shape index (κ3) is 2.79. The van der Waals surface area contributed by atoms with Crippen LogP contribution in [0.2, 0.25) is 0 Å². The summed E-state index contributed by atoms with van der Waals surface area (Å²) < 4.78 is 17.3. The summed E-state index contributed by atoms with van der Waals surface area (Å²) >= 11 is 0. The lowest BCUT2D eigenvalue weighted by atomic mass is 9.37. The van der Waals surface area contributed by atoms with Crippen LogP contribution in [0.3, 0.4) is 0 Å². The van der Waals surface area contributed by atoms with E-state index in [2.05, 4.69) is 45.9 Å². The number of esters is 1. The molecular weight excluding hydrogens is 412 g/mol. The van der Waals surface area contributed by atoms with Gasteiger partial charge in [0.2, 0.25) is 0 Å². The number of benzene rings is 1. The van der Waals surface area contributed by atoms with Crippen molar-refractivity contribution in [2.75, 3.05) is 21.3 Å². The maximum atomic E-state index is 13.1. The van der Waals surface area contributed by atoms with Gasteiger partial charge in [0.05, 0.1) is 26.7 Å². The molecule has 6 rings (SSSR count). The van der Waals surface area contributed by atoms with Gasteiger partial charge in [-0.25, -0.2) is 0 Å². The van der Waals surface area contributed by atoms with E-state index in [9.17, 15) is 4.79 Å². The molecule has 0 N–H and O–H groups in total. The molecule has 5 aliphatic rings. The third-order valence-electron chi connectivity index (χ3n) is 10.3. The summed E-state index contributed by atoms with van der Waals surface area (Å²) in [5, 5.41) is 0. The first kappa shape index (κ1) is 22.8. The largest absolute Gasteiger partial charge is 0.496 e. The molecule has 0 aliphatic heterocycles. The van der Waals surface area contributed by atoms with Gasteiger partial charge in [-0.05, 0) is 74.3 Å². The second-order valence-corrected chi connectivity index (χ2v) is 11.8. The molecule has 0 amide bonds. The van der Waals surface area contributed by atoms with Crippen LogP contribution in [0.4, 0.5) is 0 Å². The molecule has 5 aliphatic carbocycles. The summed E-state index contributed by atoms with van der Waals surface area (Å²) in [5.74, 6) is 3.64. The summed E-state index contributed by atoms with van der Waals surface area (Å²) in [5.41, 5.74) is 3.89. The van der Waals surface area contributed by atoms with Crippen LogP contribution in [0.15, 0.2) is 23.8 Å². The van der Waals surface area contributed by atoms with Gasteiger partial charge < -0.3 is 14.2 Å². The smallest absolute Gasteiger partial charge is 0.311 e. The topological polar surface area (TPSA) is 44.8 Å². The van der Waals surface area contributed by atoms with Crippen molar-refractivity contribution in [1.29, 1.82) is 0 Å². The summed E-state index contributed by atoms with van der Waals surface area (Å²) in [6.07, 6.45) is 9.05. The highest BCUT2D eigenvalue weighted by molar-refractivity contribution is 5.77. The van der Waals surface area contributed by atoms with Gasteiger partial charge >= 0.3 is 5.97 Å². The van der Waals surface area contributed by atoms with Gasteiger partial charge in [-0.1, -0.05) is 38.8 Å². The highest BCUT2D eigenvalue weighted by Gasteiger charge is 2.66. The molecule has 33 heavy (non-hydrogen) atoms. The molecule has 6 unspecified atom stereocenters. The maximum absolute atomic E-state index is 13.1. The Morgan fingerprint density at radius 3 is 2.33 bits per heavy atom. The van der Waals surface area contributed by atoms with Crippen LogP contribution < -0.4 is 9.47 Å². The summed E-state index contributed by atoms with van der Waals surface area (Å²) in [4.78, 5) is 13.1. The SMILES string of the molecule is COC(=O)C1(C)CCCC2(C)C1CCC13C=C(C(C)C)C(CC12)c1c(OC)ccc(OC)c13. The molecule has 2 fully saturated rings. The van der Waals surface area contributed by atoms with Crippen molar-refractivity contribution in [2.24, 2.45) is 28.6 Å². The molecule has 4 heteroatoms. The van der Waals surface area contributed by atoms with Crippen molar-refractivity contribution < 1.29 is 19.0 Å². The molecule has 0 heterocycles. The molecule has 4 nitrogen and oxygen atoms in total. The number of hydrogen-bond acceptors (Lipinski definition) is 4. The maximum Gasteiger partial charge on any atom is 0.311 e. The van der Waals surface area contributed by atoms with E-state index in [-0.39, 0.29) is 16.8 Å². The molecule has 0 aromatic heterocycles. The van der Waals surface area contributed by atoms with Crippen LogP contribution in [0.5, 0.6) is 11.5 Å². The van der Waals surface area contributed by atoms with E-state index in [1.54, 1.807) is 26.9 Å². The highest BCUT2D eigenvalue weighted by atomic mass is 16.5. The van der Waals surface area contributed by atoms with Crippen molar-refractivity contribution in [3.05, 3.63) is 34.9 Å². The van der Waals surface area contributed by atoms with E-state index >= 15 is 0 Å². The lowest BCUT2D eigenvalue weighted by molar-refractivity contribution is -0.175. The van der Waals surface area contributed by atoms with Crippen LogP contribution in [-0.2, 0) is 14.9 Å².